The van der Waals surface area contributed by atoms with Crippen molar-refractivity contribution in [1.29, 1.82) is 0 Å². The molecule has 3 rings (SSSR count). The van der Waals surface area contributed by atoms with E-state index in [1.165, 1.54) is 11.9 Å². The highest BCUT2D eigenvalue weighted by Crippen LogP contribution is 2.32. The Morgan fingerprint density at radius 2 is 2.12 bits per heavy atom. The second-order valence-electron chi connectivity index (χ2n) is 5.15. The van der Waals surface area contributed by atoms with Gasteiger partial charge in [-0.25, -0.2) is 4.98 Å². The zero-order valence-electron chi connectivity index (χ0n) is 10.3. The summed E-state index contributed by atoms with van der Waals surface area (Å²) in [6.07, 6.45) is 4.46. The first-order chi connectivity index (χ1) is 8.22. The molecule has 17 heavy (non-hydrogen) atoms. The Bertz CT molecular complexity index is 537. The Morgan fingerprint density at radius 1 is 1.35 bits per heavy atom. The van der Waals surface area contributed by atoms with Crippen molar-refractivity contribution in [2.75, 3.05) is 0 Å². The van der Waals surface area contributed by atoms with E-state index in [1.807, 2.05) is 6.07 Å². The zero-order valence-corrected chi connectivity index (χ0v) is 10.3. The van der Waals surface area contributed by atoms with E-state index in [-0.39, 0.29) is 5.54 Å². The first-order valence-corrected chi connectivity index (χ1v) is 6.45. The van der Waals surface area contributed by atoms with E-state index in [0.717, 1.165) is 37.1 Å². The van der Waals surface area contributed by atoms with Gasteiger partial charge in [0, 0.05) is 18.5 Å². The third-order valence-corrected chi connectivity index (χ3v) is 3.91. The minimum Gasteiger partial charge on any atom is -0.328 e. The molecular weight excluding hydrogens is 210 g/mol. The lowest BCUT2D eigenvalue weighted by molar-refractivity contribution is 0.241. The molecule has 0 aliphatic heterocycles. The molecule has 0 atom stereocenters. The second-order valence-corrected chi connectivity index (χ2v) is 5.15. The Kier molecular flexibility index (Phi) is 2.44. The summed E-state index contributed by atoms with van der Waals surface area (Å²) in [5.41, 5.74) is 8.65. The Labute approximate surface area is 102 Å². The van der Waals surface area contributed by atoms with Crippen molar-refractivity contribution in [1.82, 2.24) is 9.55 Å². The summed E-state index contributed by atoms with van der Waals surface area (Å²) in [4.78, 5) is 4.73. The van der Waals surface area contributed by atoms with Crippen LogP contribution in [0.3, 0.4) is 0 Å². The first kappa shape index (κ1) is 10.8. The number of aryl methyl sites for hydroxylation is 1. The van der Waals surface area contributed by atoms with Crippen molar-refractivity contribution in [3.05, 3.63) is 30.1 Å². The Hall–Kier alpha value is -1.35. The van der Waals surface area contributed by atoms with Crippen molar-refractivity contribution < 1.29 is 0 Å². The third-order valence-electron chi connectivity index (χ3n) is 3.91. The third kappa shape index (κ3) is 1.75. The van der Waals surface area contributed by atoms with E-state index in [9.17, 15) is 0 Å². The number of nitrogens with zero attached hydrogens (tertiary/aromatic N) is 2. The molecule has 1 aromatic heterocycles. The minimum absolute atomic E-state index is 0.00823. The highest BCUT2D eigenvalue weighted by molar-refractivity contribution is 5.75. The van der Waals surface area contributed by atoms with Gasteiger partial charge in [0.1, 0.15) is 5.82 Å². The molecule has 1 heterocycles. The summed E-state index contributed by atoms with van der Waals surface area (Å²) in [6.45, 7) is 3.13. The quantitative estimate of drug-likeness (QED) is 0.878. The molecule has 0 radical (unpaired) electrons. The van der Waals surface area contributed by atoms with Crippen molar-refractivity contribution in [2.24, 2.45) is 5.73 Å². The molecule has 2 N–H and O–H groups in total. The molecule has 2 aromatic rings. The maximum atomic E-state index is 6.33. The molecule has 1 fully saturated rings. The standard InChI is InChI=1S/C14H19N3/c1-2-17-12-7-4-3-6-11(12)16-13(17)10-14(15)8-5-9-14/h3-4,6-7H,2,5,8-10,15H2,1H3. The average Bonchev–Trinajstić information content (AvgIpc) is 2.64. The van der Waals surface area contributed by atoms with E-state index >= 15 is 0 Å². The second kappa shape index (κ2) is 3.84. The molecule has 0 amide bonds. The fourth-order valence-corrected chi connectivity index (χ4v) is 2.74. The monoisotopic (exact) mass is 229 g/mol. The Morgan fingerprint density at radius 3 is 2.76 bits per heavy atom. The van der Waals surface area contributed by atoms with Gasteiger partial charge in [-0.3, -0.25) is 0 Å². The molecule has 0 unspecified atom stereocenters. The normalized spacial score (nSPS) is 18.2. The van der Waals surface area contributed by atoms with Crippen molar-refractivity contribution in [3.63, 3.8) is 0 Å². The lowest BCUT2D eigenvalue weighted by atomic mass is 9.75. The van der Waals surface area contributed by atoms with Gasteiger partial charge in [-0.05, 0) is 38.3 Å². The first-order valence-electron chi connectivity index (χ1n) is 6.45. The summed E-state index contributed by atoms with van der Waals surface area (Å²) in [5, 5.41) is 0. The van der Waals surface area contributed by atoms with Crippen LogP contribution < -0.4 is 5.73 Å². The van der Waals surface area contributed by atoms with Gasteiger partial charge in [0.05, 0.1) is 11.0 Å². The van der Waals surface area contributed by atoms with Gasteiger partial charge < -0.3 is 10.3 Å². The van der Waals surface area contributed by atoms with Crippen LogP contribution in [-0.4, -0.2) is 15.1 Å². The maximum absolute atomic E-state index is 6.33. The number of imidazole rings is 1. The summed E-state index contributed by atoms with van der Waals surface area (Å²) < 4.78 is 2.29. The van der Waals surface area contributed by atoms with E-state index in [0.29, 0.717) is 0 Å². The van der Waals surface area contributed by atoms with Crippen LogP contribution in [0.1, 0.15) is 32.0 Å². The SMILES string of the molecule is CCn1c(CC2(N)CCC2)nc2ccccc21. The molecule has 0 spiro atoms. The smallest absolute Gasteiger partial charge is 0.111 e. The number of para-hydroxylation sites is 2. The van der Waals surface area contributed by atoms with Crippen LogP contribution in [0.5, 0.6) is 0 Å². The molecule has 1 saturated carbocycles. The van der Waals surface area contributed by atoms with Crippen LogP contribution in [0.15, 0.2) is 24.3 Å². The summed E-state index contributed by atoms with van der Waals surface area (Å²) in [7, 11) is 0. The molecule has 0 bridgehead atoms. The fraction of sp³-hybridized carbons (Fsp3) is 0.500. The van der Waals surface area contributed by atoms with Gasteiger partial charge in [0.15, 0.2) is 0 Å². The number of benzene rings is 1. The van der Waals surface area contributed by atoms with Crippen molar-refractivity contribution in [2.45, 2.75) is 44.7 Å². The number of hydrogen-bond acceptors (Lipinski definition) is 2. The number of nitrogens with two attached hydrogens (primary N) is 1. The predicted molar refractivity (Wildman–Crippen MR) is 69.9 cm³/mol. The molecule has 1 aliphatic rings. The van der Waals surface area contributed by atoms with Crippen LogP contribution in [0, 0.1) is 0 Å². The van der Waals surface area contributed by atoms with Crippen molar-refractivity contribution in [3.8, 4) is 0 Å². The lowest BCUT2D eigenvalue weighted by Gasteiger charge is -2.37. The van der Waals surface area contributed by atoms with Gasteiger partial charge in [0.2, 0.25) is 0 Å². The predicted octanol–water partition coefficient (Wildman–Crippen LogP) is 2.48. The van der Waals surface area contributed by atoms with Gasteiger partial charge in [-0.1, -0.05) is 12.1 Å². The molecule has 1 aliphatic carbocycles. The van der Waals surface area contributed by atoms with Crippen LogP contribution >= 0.6 is 0 Å². The van der Waals surface area contributed by atoms with Crippen molar-refractivity contribution >= 4 is 11.0 Å². The molecule has 1 aromatic carbocycles. The summed E-state index contributed by atoms with van der Waals surface area (Å²) in [5.74, 6) is 1.15. The zero-order chi connectivity index (χ0) is 11.9. The van der Waals surface area contributed by atoms with E-state index in [4.69, 9.17) is 10.7 Å². The molecule has 90 valence electrons. The summed E-state index contributed by atoms with van der Waals surface area (Å²) in [6, 6.07) is 8.33. The molecular formula is C14H19N3. The van der Waals surface area contributed by atoms with Gasteiger partial charge in [-0.15, -0.1) is 0 Å². The van der Waals surface area contributed by atoms with Crippen LogP contribution in [0.25, 0.3) is 11.0 Å². The van der Waals surface area contributed by atoms with Gasteiger partial charge >= 0.3 is 0 Å². The number of aromatic nitrogens is 2. The highest BCUT2D eigenvalue weighted by atomic mass is 15.1. The lowest BCUT2D eigenvalue weighted by Crippen LogP contribution is -2.48. The van der Waals surface area contributed by atoms with E-state index < -0.39 is 0 Å². The molecule has 0 saturated heterocycles. The van der Waals surface area contributed by atoms with E-state index in [1.54, 1.807) is 0 Å². The minimum atomic E-state index is 0.00823. The largest absolute Gasteiger partial charge is 0.328 e. The van der Waals surface area contributed by atoms with Gasteiger partial charge in [0.25, 0.3) is 0 Å². The molecule has 3 heteroatoms. The topological polar surface area (TPSA) is 43.8 Å². The number of rotatable bonds is 3. The fourth-order valence-electron chi connectivity index (χ4n) is 2.74. The Balaban J connectivity index is 2.03. The summed E-state index contributed by atoms with van der Waals surface area (Å²) >= 11 is 0. The number of fused-ring (bicyclic) bond motifs is 1. The average molecular weight is 229 g/mol. The van der Waals surface area contributed by atoms with Crippen LogP contribution in [0.4, 0.5) is 0 Å². The molecule has 3 nitrogen and oxygen atoms in total. The van der Waals surface area contributed by atoms with Crippen LogP contribution in [0.2, 0.25) is 0 Å². The number of hydrogen-bond donors (Lipinski definition) is 1. The van der Waals surface area contributed by atoms with Crippen LogP contribution in [-0.2, 0) is 13.0 Å². The van der Waals surface area contributed by atoms with Gasteiger partial charge in [-0.2, -0.15) is 0 Å². The maximum Gasteiger partial charge on any atom is 0.111 e. The highest BCUT2D eigenvalue weighted by Gasteiger charge is 2.34. The van der Waals surface area contributed by atoms with E-state index in [2.05, 4.69) is 29.7 Å².